The molecule has 7 heteroatoms. The highest BCUT2D eigenvalue weighted by Crippen LogP contribution is 2.40. The Morgan fingerprint density at radius 2 is 2.24 bits per heavy atom. The molecule has 5 nitrogen and oxygen atoms in total. The molecule has 0 bridgehead atoms. The molecule has 21 heavy (non-hydrogen) atoms. The van der Waals surface area contributed by atoms with Crippen LogP contribution in [-0.2, 0) is 6.42 Å². The molecule has 1 aliphatic rings. The summed E-state index contributed by atoms with van der Waals surface area (Å²) >= 11 is 4.10. The summed E-state index contributed by atoms with van der Waals surface area (Å²) in [7, 11) is 0. The number of aryl methyl sites for hydroxylation is 1. The molecular formula is C14H13IN2O3S. The van der Waals surface area contributed by atoms with E-state index in [-0.39, 0.29) is 17.5 Å². The number of nitro benzene ring substituents is 1. The number of rotatable bonds is 3. The number of nitrogens with zero attached hydrogens (tertiary/aromatic N) is 1. The molecule has 2 N–H and O–H groups in total. The van der Waals surface area contributed by atoms with Crippen LogP contribution in [0.1, 0.15) is 29.3 Å². The van der Waals surface area contributed by atoms with Gasteiger partial charge in [0.15, 0.2) is 0 Å². The van der Waals surface area contributed by atoms with Crippen LogP contribution in [0.25, 0.3) is 0 Å². The molecule has 0 spiro atoms. The lowest BCUT2D eigenvalue weighted by Crippen LogP contribution is -2.16. The quantitative estimate of drug-likeness (QED) is 0.336. The van der Waals surface area contributed by atoms with Gasteiger partial charge in [-0.05, 0) is 65.6 Å². The first kappa shape index (κ1) is 14.6. The molecule has 1 aliphatic carbocycles. The molecule has 0 amide bonds. The number of nitrogens with one attached hydrogen (secondary N) is 1. The number of hydrogen-bond donors (Lipinski definition) is 2. The number of hydrogen-bond acceptors (Lipinski definition) is 5. The summed E-state index contributed by atoms with van der Waals surface area (Å²) in [6.45, 7) is 0. The highest BCUT2D eigenvalue weighted by molar-refractivity contribution is 14.1. The van der Waals surface area contributed by atoms with Gasteiger partial charge in [0.1, 0.15) is 11.4 Å². The summed E-state index contributed by atoms with van der Waals surface area (Å²) in [5, 5.41) is 23.8. The molecule has 1 unspecified atom stereocenters. The van der Waals surface area contributed by atoms with Gasteiger partial charge in [0.05, 0.1) is 19.9 Å². The molecule has 1 aromatic carbocycles. The SMILES string of the molecule is O=[N+]([O-])c1cc(O)ccc1NC1CCCc2sc(I)cc21. The van der Waals surface area contributed by atoms with Gasteiger partial charge in [-0.1, -0.05) is 0 Å². The molecule has 1 aromatic heterocycles. The minimum atomic E-state index is -0.469. The fourth-order valence-electron chi connectivity index (χ4n) is 2.65. The maximum absolute atomic E-state index is 11.1. The predicted octanol–water partition coefficient (Wildman–Crippen LogP) is 4.46. The molecule has 2 aromatic rings. The van der Waals surface area contributed by atoms with E-state index in [0.29, 0.717) is 5.69 Å². The second-order valence-corrected chi connectivity index (χ2v) is 8.01. The zero-order chi connectivity index (χ0) is 15.0. The average Bonchev–Trinajstić information content (AvgIpc) is 2.82. The van der Waals surface area contributed by atoms with E-state index in [1.165, 1.54) is 25.5 Å². The fourth-order valence-corrected chi connectivity index (χ4v) is 4.77. The molecule has 1 atom stereocenters. The third kappa shape index (κ3) is 2.98. The smallest absolute Gasteiger partial charge is 0.296 e. The van der Waals surface area contributed by atoms with Crippen molar-refractivity contribution < 1.29 is 10.0 Å². The topological polar surface area (TPSA) is 75.4 Å². The second kappa shape index (κ2) is 5.80. The maximum atomic E-state index is 11.1. The van der Waals surface area contributed by atoms with Gasteiger partial charge in [-0.3, -0.25) is 10.1 Å². The monoisotopic (exact) mass is 416 g/mol. The van der Waals surface area contributed by atoms with Gasteiger partial charge in [0.25, 0.3) is 5.69 Å². The largest absolute Gasteiger partial charge is 0.508 e. The summed E-state index contributed by atoms with van der Waals surface area (Å²) in [5.41, 5.74) is 1.61. The Morgan fingerprint density at radius 3 is 3.00 bits per heavy atom. The highest BCUT2D eigenvalue weighted by atomic mass is 127. The standard InChI is InChI=1S/C14H13IN2O3S/c15-14-7-9-10(2-1-3-13(9)21-14)16-11-5-4-8(18)6-12(11)17(19)20/h4-7,10,16,18H,1-3H2. The number of phenolic OH excluding ortho intramolecular Hbond substituents is 1. The van der Waals surface area contributed by atoms with Crippen LogP contribution in [0.4, 0.5) is 11.4 Å². The first-order valence-electron chi connectivity index (χ1n) is 6.56. The van der Waals surface area contributed by atoms with Crippen LogP contribution in [0.5, 0.6) is 5.75 Å². The molecule has 0 aliphatic heterocycles. The van der Waals surface area contributed by atoms with Crippen molar-refractivity contribution in [1.82, 2.24) is 0 Å². The zero-order valence-corrected chi connectivity index (χ0v) is 14.0. The molecule has 0 fully saturated rings. The molecule has 0 saturated carbocycles. The number of benzene rings is 1. The summed E-state index contributed by atoms with van der Waals surface area (Å²) < 4.78 is 1.24. The van der Waals surface area contributed by atoms with Crippen LogP contribution < -0.4 is 5.32 Å². The van der Waals surface area contributed by atoms with E-state index < -0.39 is 4.92 Å². The van der Waals surface area contributed by atoms with Crippen molar-refractivity contribution in [3.63, 3.8) is 0 Å². The lowest BCUT2D eigenvalue weighted by Gasteiger charge is -2.24. The van der Waals surface area contributed by atoms with Crippen LogP contribution in [-0.4, -0.2) is 10.0 Å². The number of phenols is 1. The van der Waals surface area contributed by atoms with Crippen molar-refractivity contribution in [3.05, 3.63) is 47.7 Å². The number of nitro groups is 1. The summed E-state index contributed by atoms with van der Waals surface area (Å²) in [5.74, 6) is -0.0957. The molecular weight excluding hydrogens is 403 g/mol. The summed E-state index contributed by atoms with van der Waals surface area (Å²) in [6, 6.07) is 6.47. The van der Waals surface area contributed by atoms with E-state index in [9.17, 15) is 15.2 Å². The number of halogens is 1. The van der Waals surface area contributed by atoms with E-state index in [1.807, 2.05) is 0 Å². The maximum Gasteiger partial charge on any atom is 0.296 e. The Balaban J connectivity index is 1.93. The number of thiophene rings is 1. The van der Waals surface area contributed by atoms with E-state index in [0.717, 1.165) is 19.3 Å². The van der Waals surface area contributed by atoms with Gasteiger partial charge in [0, 0.05) is 4.88 Å². The lowest BCUT2D eigenvalue weighted by atomic mass is 9.94. The van der Waals surface area contributed by atoms with E-state index in [1.54, 1.807) is 17.4 Å². The van der Waals surface area contributed by atoms with Gasteiger partial charge in [0.2, 0.25) is 0 Å². The summed E-state index contributed by atoms with van der Waals surface area (Å²) in [6.07, 6.45) is 3.11. The van der Waals surface area contributed by atoms with E-state index >= 15 is 0 Å². The van der Waals surface area contributed by atoms with Crippen LogP contribution in [0.15, 0.2) is 24.3 Å². The van der Waals surface area contributed by atoms with Crippen molar-refractivity contribution in [2.75, 3.05) is 5.32 Å². The first-order chi connectivity index (χ1) is 10.0. The highest BCUT2D eigenvalue weighted by Gasteiger charge is 2.25. The van der Waals surface area contributed by atoms with Gasteiger partial charge < -0.3 is 10.4 Å². The number of fused-ring (bicyclic) bond motifs is 1. The third-order valence-electron chi connectivity index (χ3n) is 3.59. The average molecular weight is 416 g/mol. The Bertz CT molecular complexity index is 702. The van der Waals surface area contributed by atoms with Gasteiger partial charge in [-0.25, -0.2) is 0 Å². The second-order valence-electron chi connectivity index (χ2n) is 4.98. The van der Waals surface area contributed by atoms with Crippen molar-refractivity contribution in [3.8, 4) is 5.75 Å². The van der Waals surface area contributed by atoms with E-state index in [4.69, 9.17) is 0 Å². The minimum absolute atomic E-state index is 0.0907. The third-order valence-corrected chi connectivity index (χ3v) is 5.56. The van der Waals surface area contributed by atoms with Crippen molar-refractivity contribution in [2.45, 2.75) is 25.3 Å². The number of anilines is 1. The van der Waals surface area contributed by atoms with Crippen LogP contribution >= 0.6 is 33.9 Å². The Labute approximate surface area is 139 Å². The summed E-state index contributed by atoms with van der Waals surface area (Å²) in [4.78, 5) is 12.0. The first-order valence-corrected chi connectivity index (χ1v) is 8.46. The van der Waals surface area contributed by atoms with Gasteiger partial charge in [-0.15, -0.1) is 11.3 Å². The van der Waals surface area contributed by atoms with Gasteiger partial charge >= 0.3 is 0 Å². The van der Waals surface area contributed by atoms with Crippen molar-refractivity contribution in [1.29, 1.82) is 0 Å². The van der Waals surface area contributed by atoms with Gasteiger partial charge in [-0.2, -0.15) is 0 Å². The van der Waals surface area contributed by atoms with E-state index in [2.05, 4.69) is 34.0 Å². The lowest BCUT2D eigenvalue weighted by molar-refractivity contribution is -0.384. The normalized spacial score (nSPS) is 17.3. The Hall–Kier alpha value is -1.35. The van der Waals surface area contributed by atoms with Crippen LogP contribution in [0, 0.1) is 13.0 Å². The molecule has 110 valence electrons. The minimum Gasteiger partial charge on any atom is -0.508 e. The Kier molecular flexibility index (Phi) is 4.03. The van der Waals surface area contributed by atoms with Crippen LogP contribution in [0.3, 0.4) is 0 Å². The zero-order valence-electron chi connectivity index (χ0n) is 11.0. The molecule has 1 heterocycles. The number of aromatic hydroxyl groups is 1. The van der Waals surface area contributed by atoms with Crippen LogP contribution in [0.2, 0.25) is 0 Å². The fraction of sp³-hybridized carbons (Fsp3) is 0.286. The van der Waals surface area contributed by atoms with Crippen molar-refractivity contribution >= 4 is 45.3 Å². The molecule has 3 rings (SSSR count). The molecule has 0 saturated heterocycles. The molecule has 0 radical (unpaired) electrons. The van der Waals surface area contributed by atoms with Crippen molar-refractivity contribution in [2.24, 2.45) is 0 Å². The Morgan fingerprint density at radius 1 is 1.43 bits per heavy atom. The predicted molar refractivity (Wildman–Crippen MR) is 91.1 cm³/mol.